The van der Waals surface area contributed by atoms with Crippen molar-refractivity contribution in [1.29, 1.82) is 0 Å². The zero-order valence-electron chi connectivity index (χ0n) is 13.5. The number of carbonyl (C=O) groups is 1. The molecule has 0 saturated heterocycles. The van der Waals surface area contributed by atoms with Crippen molar-refractivity contribution in [3.63, 3.8) is 0 Å². The molecule has 0 aromatic heterocycles. The van der Waals surface area contributed by atoms with Gasteiger partial charge in [0.05, 0.1) is 0 Å². The van der Waals surface area contributed by atoms with Crippen LogP contribution in [-0.4, -0.2) is 6.41 Å². The Balaban J connectivity index is 0.000000446. The molecule has 116 valence electrons. The van der Waals surface area contributed by atoms with Crippen LogP contribution in [-0.2, 0) is 4.79 Å². The van der Waals surface area contributed by atoms with Crippen LogP contribution in [0.1, 0.15) is 44.6 Å². The Kier molecular flexibility index (Phi) is 3.94. The average Bonchev–Trinajstić information content (AvgIpc) is 3.01. The first kappa shape index (κ1) is 15.1. The summed E-state index contributed by atoms with van der Waals surface area (Å²) >= 11 is 0. The maximum Gasteiger partial charge on any atom is 0.204 e. The molecule has 4 unspecified atom stereocenters. The van der Waals surface area contributed by atoms with E-state index in [9.17, 15) is 0 Å². The van der Waals surface area contributed by atoms with Gasteiger partial charge in [0.1, 0.15) is 0 Å². The summed E-state index contributed by atoms with van der Waals surface area (Å²) in [7, 11) is 0. The standard InChI is InChI=1S/C19H22.CH3NO/c1-13-18(17-9-10-19(13,2)12-17)16-8-7-14-5-3-4-6-15(14)11-16;2-1-3/h3-8,11,13,17-18H,9-10,12H2,1-2H3;1H,(H2,2,3). The molecule has 4 atom stereocenters. The Bertz CT molecular complexity index is 680. The van der Waals surface area contributed by atoms with E-state index in [-0.39, 0.29) is 6.41 Å². The number of hydrogen-bond acceptors (Lipinski definition) is 1. The van der Waals surface area contributed by atoms with Gasteiger partial charge >= 0.3 is 0 Å². The molecule has 2 aliphatic carbocycles. The summed E-state index contributed by atoms with van der Waals surface area (Å²) in [5.74, 6) is 2.57. The van der Waals surface area contributed by atoms with Gasteiger partial charge in [-0.2, -0.15) is 0 Å². The van der Waals surface area contributed by atoms with Crippen LogP contribution in [0.4, 0.5) is 0 Å². The largest absolute Gasteiger partial charge is 0.372 e. The number of carbonyl (C=O) groups excluding carboxylic acids is 1. The quantitative estimate of drug-likeness (QED) is 0.774. The smallest absolute Gasteiger partial charge is 0.204 e. The summed E-state index contributed by atoms with van der Waals surface area (Å²) in [6, 6.07) is 15.9. The second-order valence-electron chi connectivity index (χ2n) is 7.21. The molecule has 4 rings (SSSR count). The Hall–Kier alpha value is -1.83. The van der Waals surface area contributed by atoms with Crippen molar-refractivity contribution in [2.75, 3.05) is 0 Å². The average molecular weight is 295 g/mol. The molecule has 2 aliphatic rings. The monoisotopic (exact) mass is 295 g/mol. The van der Waals surface area contributed by atoms with Crippen LogP contribution in [0.15, 0.2) is 42.5 Å². The summed E-state index contributed by atoms with van der Waals surface area (Å²) in [6.45, 7) is 5.00. The van der Waals surface area contributed by atoms with Crippen molar-refractivity contribution in [3.05, 3.63) is 48.0 Å². The van der Waals surface area contributed by atoms with Gasteiger partial charge in [0.15, 0.2) is 0 Å². The van der Waals surface area contributed by atoms with E-state index in [1.54, 1.807) is 5.56 Å². The fourth-order valence-corrected chi connectivity index (χ4v) is 4.86. The first-order valence-corrected chi connectivity index (χ1v) is 8.23. The Morgan fingerprint density at radius 3 is 2.50 bits per heavy atom. The Morgan fingerprint density at radius 1 is 1.18 bits per heavy atom. The molecule has 22 heavy (non-hydrogen) atoms. The van der Waals surface area contributed by atoms with Crippen molar-refractivity contribution < 1.29 is 4.79 Å². The van der Waals surface area contributed by atoms with Gasteiger partial charge in [0.25, 0.3) is 0 Å². The molecule has 2 fully saturated rings. The minimum absolute atomic E-state index is 0.250. The second-order valence-corrected chi connectivity index (χ2v) is 7.21. The third-order valence-corrected chi connectivity index (χ3v) is 6.12. The van der Waals surface area contributed by atoms with Gasteiger partial charge in [0.2, 0.25) is 6.41 Å². The summed E-state index contributed by atoms with van der Waals surface area (Å²) in [6.07, 6.45) is 4.59. The highest BCUT2D eigenvalue weighted by molar-refractivity contribution is 5.83. The highest BCUT2D eigenvalue weighted by atomic mass is 16.1. The van der Waals surface area contributed by atoms with Crippen LogP contribution in [0.2, 0.25) is 0 Å². The van der Waals surface area contributed by atoms with E-state index in [0.717, 1.165) is 17.8 Å². The van der Waals surface area contributed by atoms with Gasteiger partial charge in [-0.1, -0.05) is 56.3 Å². The molecule has 2 aromatic rings. The van der Waals surface area contributed by atoms with Crippen molar-refractivity contribution >= 4 is 17.2 Å². The van der Waals surface area contributed by atoms with Crippen molar-refractivity contribution in [3.8, 4) is 0 Å². The molecule has 1 amide bonds. The maximum absolute atomic E-state index is 8.58. The van der Waals surface area contributed by atoms with E-state index in [1.807, 2.05) is 0 Å². The molecule has 0 radical (unpaired) electrons. The van der Waals surface area contributed by atoms with Crippen molar-refractivity contribution in [2.24, 2.45) is 23.0 Å². The topological polar surface area (TPSA) is 43.1 Å². The minimum Gasteiger partial charge on any atom is -0.372 e. The minimum atomic E-state index is 0.250. The molecule has 2 aromatic carbocycles. The predicted octanol–water partition coefficient (Wildman–Crippen LogP) is 4.48. The summed E-state index contributed by atoms with van der Waals surface area (Å²) in [5, 5.41) is 2.77. The molecule has 0 heterocycles. The Morgan fingerprint density at radius 2 is 1.86 bits per heavy atom. The second kappa shape index (κ2) is 5.75. The third-order valence-electron chi connectivity index (χ3n) is 6.12. The molecular weight excluding hydrogens is 270 g/mol. The summed E-state index contributed by atoms with van der Waals surface area (Å²) < 4.78 is 0. The number of benzene rings is 2. The highest BCUT2D eigenvalue weighted by Gasteiger charge is 2.53. The first-order valence-electron chi connectivity index (χ1n) is 8.23. The van der Waals surface area contributed by atoms with Crippen molar-refractivity contribution in [1.82, 2.24) is 0 Å². The first-order chi connectivity index (χ1) is 10.6. The lowest BCUT2D eigenvalue weighted by Gasteiger charge is -2.35. The van der Waals surface area contributed by atoms with E-state index in [2.05, 4.69) is 62.0 Å². The normalized spacial score (nSPS) is 32.5. The van der Waals surface area contributed by atoms with E-state index >= 15 is 0 Å². The molecule has 2 heteroatoms. The highest BCUT2D eigenvalue weighted by Crippen LogP contribution is 2.63. The lowest BCUT2D eigenvalue weighted by molar-refractivity contribution is -0.106. The van der Waals surface area contributed by atoms with Gasteiger partial charge in [-0.15, -0.1) is 0 Å². The Labute approximate surface area is 132 Å². The molecule has 0 aliphatic heterocycles. The van der Waals surface area contributed by atoms with E-state index in [0.29, 0.717) is 5.41 Å². The van der Waals surface area contributed by atoms with Gasteiger partial charge in [-0.25, -0.2) is 0 Å². The van der Waals surface area contributed by atoms with Gasteiger partial charge in [-0.05, 0) is 58.8 Å². The predicted molar refractivity (Wildman–Crippen MR) is 91.6 cm³/mol. The molecular formula is C20H25NO. The maximum atomic E-state index is 8.58. The lowest BCUT2D eigenvalue weighted by atomic mass is 9.70. The lowest BCUT2D eigenvalue weighted by Crippen LogP contribution is -2.24. The van der Waals surface area contributed by atoms with Crippen molar-refractivity contribution in [2.45, 2.75) is 39.0 Å². The van der Waals surface area contributed by atoms with E-state index < -0.39 is 0 Å². The third kappa shape index (κ3) is 2.41. The fraction of sp³-hybridized carbons (Fsp3) is 0.450. The summed E-state index contributed by atoms with van der Waals surface area (Å²) in [4.78, 5) is 8.58. The molecule has 2 N–H and O–H groups in total. The molecule has 2 saturated carbocycles. The summed E-state index contributed by atoms with van der Waals surface area (Å²) in [5.41, 5.74) is 6.36. The number of nitrogens with two attached hydrogens (primary N) is 1. The van der Waals surface area contributed by atoms with Crippen LogP contribution in [0.5, 0.6) is 0 Å². The number of rotatable bonds is 1. The van der Waals surface area contributed by atoms with Gasteiger partial charge < -0.3 is 5.73 Å². The number of amides is 1. The van der Waals surface area contributed by atoms with E-state index in [4.69, 9.17) is 4.79 Å². The van der Waals surface area contributed by atoms with Gasteiger partial charge in [-0.3, -0.25) is 4.79 Å². The van der Waals surface area contributed by atoms with Crippen LogP contribution in [0, 0.1) is 17.3 Å². The molecule has 2 nitrogen and oxygen atoms in total. The number of primary amides is 1. The van der Waals surface area contributed by atoms with Crippen LogP contribution >= 0.6 is 0 Å². The van der Waals surface area contributed by atoms with Crippen LogP contribution < -0.4 is 5.73 Å². The zero-order chi connectivity index (χ0) is 15.7. The van der Waals surface area contributed by atoms with E-state index in [1.165, 1.54) is 30.0 Å². The zero-order valence-corrected chi connectivity index (χ0v) is 13.5. The molecule has 0 spiro atoms. The van der Waals surface area contributed by atoms with Crippen LogP contribution in [0.3, 0.4) is 0 Å². The molecule has 2 bridgehead atoms. The number of fused-ring (bicyclic) bond motifs is 3. The van der Waals surface area contributed by atoms with Crippen LogP contribution in [0.25, 0.3) is 10.8 Å². The number of hydrogen-bond donors (Lipinski definition) is 1. The fourth-order valence-electron chi connectivity index (χ4n) is 4.86. The van der Waals surface area contributed by atoms with Gasteiger partial charge in [0, 0.05) is 0 Å². The SMILES string of the molecule is CC1C(c2ccc3ccccc3c2)C2CCC1(C)C2.NC=O.